The molecule has 19 heavy (non-hydrogen) atoms. The average molecular weight is 264 g/mol. The van der Waals surface area contributed by atoms with E-state index in [2.05, 4.69) is 17.1 Å². The lowest BCUT2D eigenvalue weighted by Gasteiger charge is -2.41. The molecule has 2 saturated heterocycles. The predicted octanol–water partition coefficient (Wildman–Crippen LogP) is 3.56. The molecule has 2 aliphatic heterocycles. The molecule has 2 bridgehead atoms. The fourth-order valence-corrected chi connectivity index (χ4v) is 4.76. The van der Waals surface area contributed by atoms with Crippen LogP contribution in [0.15, 0.2) is 0 Å². The Bertz CT molecular complexity index is 258. The first-order valence-electron chi connectivity index (χ1n) is 8.86. The van der Waals surface area contributed by atoms with Gasteiger partial charge in [-0.3, -0.25) is 4.90 Å². The first kappa shape index (κ1) is 13.9. The minimum atomic E-state index is 0.819. The molecule has 0 amide bonds. The van der Waals surface area contributed by atoms with Crippen LogP contribution >= 0.6 is 0 Å². The first-order chi connectivity index (χ1) is 9.36. The van der Waals surface area contributed by atoms with Crippen molar-refractivity contribution in [2.24, 2.45) is 5.92 Å². The Balaban J connectivity index is 1.51. The van der Waals surface area contributed by atoms with Crippen LogP contribution in [-0.4, -0.2) is 36.1 Å². The Labute approximate surface area is 119 Å². The van der Waals surface area contributed by atoms with E-state index >= 15 is 0 Å². The second-order valence-electron chi connectivity index (χ2n) is 7.21. The second-order valence-corrected chi connectivity index (χ2v) is 7.21. The summed E-state index contributed by atoms with van der Waals surface area (Å²) in [4.78, 5) is 2.92. The van der Waals surface area contributed by atoms with E-state index in [-0.39, 0.29) is 0 Å². The maximum Gasteiger partial charge on any atom is 0.0114 e. The van der Waals surface area contributed by atoms with Crippen LogP contribution in [0.25, 0.3) is 0 Å². The summed E-state index contributed by atoms with van der Waals surface area (Å²) in [5, 5.41) is 3.77. The Morgan fingerprint density at radius 1 is 0.947 bits per heavy atom. The van der Waals surface area contributed by atoms with E-state index in [0.717, 1.165) is 24.0 Å². The highest BCUT2D eigenvalue weighted by molar-refractivity contribution is 4.98. The van der Waals surface area contributed by atoms with Gasteiger partial charge in [0.25, 0.3) is 0 Å². The number of hydrogen-bond donors (Lipinski definition) is 1. The van der Waals surface area contributed by atoms with E-state index in [9.17, 15) is 0 Å². The summed E-state index contributed by atoms with van der Waals surface area (Å²) in [7, 11) is 0. The summed E-state index contributed by atoms with van der Waals surface area (Å²) in [6, 6.07) is 2.64. The number of nitrogens with zero attached hydrogens (tertiary/aromatic N) is 1. The van der Waals surface area contributed by atoms with Gasteiger partial charge >= 0.3 is 0 Å². The standard InChI is InChI=1S/C17H32N2/c1-2-10-18-15-11-16-8-9-17(12-15)19(16)13-14-6-4-3-5-7-14/h14-18H,2-13H2,1H3. The van der Waals surface area contributed by atoms with Gasteiger partial charge in [-0.25, -0.2) is 0 Å². The molecule has 0 aromatic rings. The summed E-state index contributed by atoms with van der Waals surface area (Å²) in [6.45, 7) is 4.92. The molecule has 1 aliphatic carbocycles. The maximum absolute atomic E-state index is 3.77. The largest absolute Gasteiger partial charge is 0.314 e. The zero-order valence-electron chi connectivity index (χ0n) is 12.7. The lowest BCUT2D eigenvalue weighted by molar-refractivity contribution is 0.0886. The molecule has 1 saturated carbocycles. The number of piperidine rings is 1. The van der Waals surface area contributed by atoms with Crippen molar-refractivity contribution < 1.29 is 0 Å². The molecular formula is C17H32N2. The van der Waals surface area contributed by atoms with Crippen LogP contribution in [0.2, 0.25) is 0 Å². The molecule has 0 spiro atoms. The lowest BCUT2D eigenvalue weighted by Crippen LogP contribution is -2.50. The monoisotopic (exact) mass is 264 g/mol. The highest BCUT2D eigenvalue weighted by atomic mass is 15.2. The van der Waals surface area contributed by atoms with Crippen molar-refractivity contribution in [2.45, 2.75) is 89.3 Å². The number of hydrogen-bond acceptors (Lipinski definition) is 2. The average Bonchev–Trinajstić information content (AvgIpc) is 2.69. The zero-order chi connectivity index (χ0) is 13.1. The number of fused-ring (bicyclic) bond motifs is 2. The third kappa shape index (κ3) is 3.33. The van der Waals surface area contributed by atoms with Gasteiger partial charge in [0, 0.05) is 24.7 Å². The Morgan fingerprint density at radius 3 is 2.26 bits per heavy atom. The molecule has 2 heterocycles. The molecule has 2 atom stereocenters. The van der Waals surface area contributed by atoms with E-state index in [1.54, 1.807) is 0 Å². The number of nitrogens with one attached hydrogen (secondary N) is 1. The van der Waals surface area contributed by atoms with Crippen LogP contribution in [0.1, 0.15) is 71.1 Å². The molecule has 2 heteroatoms. The minimum absolute atomic E-state index is 0.819. The van der Waals surface area contributed by atoms with Gasteiger partial charge in [0.05, 0.1) is 0 Å². The van der Waals surface area contributed by atoms with E-state index in [4.69, 9.17) is 0 Å². The maximum atomic E-state index is 3.77. The van der Waals surface area contributed by atoms with Crippen molar-refractivity contribution in [3.05, 3.63) is 0 Å². The van der Waals surface area contributed by atoms with Crippen LogP contribution < -0.4 is 5.32 Å². The third-order valence-corrected chi connectivity index (χ3v) is 5.76. The summed E-state index contributed by atoms with van der Waals surface area (Å²) in [5.74, 6) is 1.03. The molecule has 3 rings (SSSR count). The highest BCUT2D eigenvalue weighted by Crippen LogP contribution is 2.37. The summed E-state index contributed by atoms with van der Waals surface area (Å²) >= 11 is 0. The van der Waals surface area contributed by atoms with Gasteiger partial charge in [-0.2, -0.15) is 0 Å². The molecule has 1 N–H and O–H groups in total. The first-order valence-corrected chi connectivity index (χ1v) is 8.86. The van der Waals surface area contributed by atoms with Crippen LogP contribution in [0.4, 0.5) is 0 Å². The fraction of sp³-hybridized carbons (Fsp3) is 1.00. The third-order valence-electron chi connectivity index (χ3n) is 5.76. The van der Waals surface area contributed by atoms with E-state index < -0.39 is 0 Å². The Morgan fingerprint density at radius 2 is 1.63 bits per heavy atom. The van der Waals surface area contributed by atoms with E-state index in [1.165, 1.54) is 77.3 Å². The minimum Gasteiger partial charge on any atom is -0.314 e. The van der Waals surface area contributed by atoms with Gasteiger partial charge in [-0.1, -0.05) is 26.2 Å². The summed E-state index contributed by atoms with van der Waals surface area (Å²) < 4.78 is 0. The van der Waals surface area contributed by atoms with Crippen molar-refractivity contribution in [1.82, 2.24) is 10.2 Å². The Kier molecular flexibility index (Phi) is 4.81. The molecule has 2 unspecified atom stereocenters. The second kappa shape index (κ2) is 6.58. The lowest BCUT2D eigenvalue weighted by atomic mass is 9.87. The summed E-state index contributed by atoms with van der Waals surface area (Å²) in [5.41, 5.74) is 0. The molecule has 2 nitrogen and oxygen atoms in total. The molecular weight excluding hydrogens is 232 g/mol. The molecule has 3 aliphatic rings. The summed E-state index contributed by atoms with van der Waals surface area (Å²) in [6.07, 6.45) is 14.6. The normalized spacial score (nSPS) is 36.8. The van der Waals surface area contributed by atoms with Crippen molar-refractivity contribution in [1.29, 1.82) is 0 Å². The van der Waals surface area contributed by atoms with E-state index in [0.29, 0.717) is 0 Å². The molecule has 0 aromatic heterocycles. The zero-order valence-corrected chi connectivity index (χ0v) is 12.7. The highest BCUT2D eigenvalue weighted by Gasteiger charge is 2.40. The molecule has 0 aromatic carbocycles. The van der Waals surface area contributed by atoms with Gasteiger partial charge in [0.2, 0.25) is 0 Å². The van der Waals surface area contributed by atoms with Gasteiger partial charge in [0.1, 0.15) is 0 Å². The van der Waals surface area contributed by atoms with Crippen molar-refractivity contribution in [2.75, 3.05) is 13.1 Å². The smallest absolute Gasteiger partial charge is 0.0114 e. The van der Waals surface area contributed by atoms with Crippen LogP contribution in [0, 0.1) is 5.92 Å². The predicted molar refractivity (Wildman–Crippen MR) is 81.4 cm³/mol. The SMILES string of the molecule is CCCNC1CC2CCC(C1)N2CC1CCCCC1. The van der Waals surface area contributed by atoms with Gasteiger partial charge in [-0.15, -0.1) is 0 Å². The van der Waals surface area contributed by atoms with Gasteiger partial charge in [-0.05, 0) is 57.4 Å². The van der Waals surface area contributed by atoms with Gasteiger partial charge < -0.3 is 5.32 Å². The topological polar surface area (TPSA) is 15.3 Å². The molecule has 0 radical (unpaired) electrons. The van der Waals surface area contributed by atoms with Crippen LogP contribution in [-0.2, 0) is 0 Å². The van der Waals surface area contributed by atoms with Crippen molar-refractivity contribution in [3.8, 4) is 0 Å². The van der Waals surface area contributed by atoms with Crippen LogP contribution in [0.5, 0.6) is 0 Å². The van der Waals surface area contributed by atoms with E-state index in [1.807, 2.05) is 0 Å². The quantitative estimate of drug-likeness (QED) is 0.817. The van der Waals surface area contributed by atoms with Crippen molar-refractivity contribution >= 4 is 0 Å². The van der Waals surface area contributed by atoms with Gasteiger partial charge in [0.15, 0.2) is 0 Å². The fourth-order valence-electron chi connectivity index (χ4n) is 4.76. The molecule has 3 fully saturated rings. The number of rotatable bonds is 5. The van der Waals surface area contributed by atoms with Crippen molar-refractivity contribution in [3.63, 3.8) is 0 Å². The Hall–Kier alpha value is -0.0800. The molecule has 110 valence electrons. The van der Waals surface area contributed by atoms with Crippen LogP contribution in [0.3, 0.4) is 0 Å².